The molecular weight excluding hydrogens is 480 g/mol. The molecular formula is C31H31ClN4O. The minimum Gasteiger partial charge on any atom is -0.347 e. The van der Waals surface area contributed by atoms with Crippen LogP contribution in [-0.2, 0) is 30.6 Å². The Morgan fingerprint density at radius 3 is 2.32 bits per heavy atom. The lowest BCUT2D eigenvalue weighted by Crippen LogP contribution is -2.53. The summed E-state index contributed by atoms with van der Waals surface area (Å²) >= 11 is 6.75. The summed E-state index contributed by atoms with van der Waals surface area (Å²) in [5.74, 6) is 0.142. The molecule has 2 heterocycles. The first kappa shape index (κ1) is 24.0. The van der Waals surface area contributed by atoms with Crippen LogP contribution >= 0.6 is 11.6 Å². The number of benzene rings is 3. The molecule has 0 spiro atoms. The summed E-state index contributed by atoms with van der Waals surface area (Å²) in [6, 6.07) is 24.9. The van der Waals surface area contributed by atoms with Gasteiger partial charge in [0.05, 0.1) is 30.6 Å². The number of nitrogens with zero attached hydrogens (tertiary/aromatic N) is 3. The van der Waals surface area contributed by atoms with Gasteiger partial charge in [-0.3, -0.25) is 9.69 Å². The van der Waals surface area contributed by atoms with Gasteiger partial charge in [-0.2, -0.15) is 0 Å². The van der Waals surface area contributed by atoms with Crippen molar-refractivity contribution < 1.29 is 4.79 Å². The normalized spacial score (nSPS) is 18.3. The van der Waals surface area contributed by atoms with E-state index in [1.807, 2.05) is 24.4 Å². The zero-order valence-electron chi connectivity index (χ0n) is 21.0. The average Bonchev–Trinajstić information content (AvgIpc) is 3.60. The summed E-state index contributed by atoms with van der Waals surface area (Å²) < 4.78 is 0. The lowest BCUT2D eigenvalue weighted by molar-refractivity contribution is -0.140. The van der Waals surface area contributed by atoms with E-state index in [9.17, 15) is 4.79 Å². The van der Waals surface area contributed by atoms with Crippen molar-refractivity contribution in [1.29, 1.82) is 0 Å². The second-order valence-electron chi connectivity index (χ2n) is 10.2. The highest BCUT2D eigenvalue weighted by Gasteiger charge is 2.39. The van der Waals surface area contributed by atoms with Crippen molar-refractivity contribution in [3.63, 3.8) is 0 Å². The van der Waals surface area contributed by atoms with Gasteiger partial charge in [0, 0.05) is 23.8 Å². The van der Waals surface area contributed by atoms with Gasteiger partial charge in [0.1, 0.15) is 0 Å². The molecule has 0 radical (unpaired) electrons. The molecule has 1 aromatic heterocycles. The second-order valence-corrected chi connectivity index (χ2v) is 10.6. The summed E-state index contributed by atoms with van der Waals surface area (Å²) in [6.07, 6.45) is 6.15. The highest BCUT2D eigenvalue weighted by Crippen LogP contribution is 2.40. The summed E-state index contributed by atoms with van der Waals surface area (Å²) in [7, 11) is 0. The maximum atomic E-state index is 14.4. The van der Waals surface area contributed by atoms with E-state index in [2.05, 4.69) is 81.3 Å². The standard InChI is InChI=1S/C31H31ClN4O/c1-21(35-15-14-22-8-4-5-11-27(22)30(35)28-12-6-7-13-29(28)32)31(37)36(19-25-18-33-20-34-25)26-16-23-9-2-3-10-24(23)17-26/h2-13,18,20-21,26,30H,14-17,19H2,1H3,(H,33,34)/t21-,30+/m0/s1. The molecule has 0 saturated heterocycles. The molecule has 37 heavy (non-hydrogen) atoms. The number of hydrogen-bond acceptors (Lipinski definition) is 3. The minimum absolute atomic E-state index is 0.0765. The molecule has 188 valence electrons. The quantitative estimate of drug-likeness (QED) is 0.367. The Balaban J connectivity index is 1.35. The number of halogens is 1. The number of hydrogen-bond donors (Lipinski definition) is 1. The molecule has 0 fully saturated rings. The fourth-order valence-electron chi connectivity index (χ4n) is 6.13. The summed E-state index contributed by atoms with van der Waals surface area (Å²) in [5.41, 5.74) is 7.22. The molecule has 3 aromatic carbocycles. The predicted molar refractivity (Wildman–Crippen MR) is 146 cm³/mol. The topological polar surface area (TPSA) is 52.2 Å². The molecule has 1 amide bonds. The maximum Gasteiger partial charge on any atom is 0.240 e. The Bertz CT molecular complexity index is 1380. The van der Waals surface area contributed by atoms with Crippen LogP contribution in [0.15, 0.2) is 85.3 Å². The van der Waals surface area contributed by atoms with Crippen molar-refractivity contribution >= 4 is 17.5 Å². The van der Waals surface area contributed by atoms with Crippen LogP contribution in [0.2, 0.25) is 5.02 Å². The van der Waals surface area contributed by atoms with Gasteiger partial charge in [-0.1, -0.05) is 78.3 Å². The van der Waals surface area contributed by atoms with Crippen LogP contribution < -0.4 is 0 Å². The second kappa shape index (κ2) is 10.2. The first-order valence-electron chi connectivity index (χ1n) is 13.0. The van der Waals surface area contributed by atoms with E-state index in [1.54, 1.807) is 6.33 Å². The number of H-pyrrole nitrogens is 1. The maximum absolute atomic E-state index is 14.4. The average molecular weight is 511 g/mol. The van der Waals surface area contributed by atoms with Crippen LogP contribution in [0, 0.1) is 0 Å². The van der Waals surface area contributed by atoms with Crippen molar-refractivity contribution in [2.45, 2.75) is 50.9 Å². The van der Waals surface area contributed by atoms with Gasteiger partial charge in [-0.25, -0.2) is 4.98 Å². The van der Waals surface area contributed by atoms with Crippen LogP contribution in [0.4, 0.5) is 0 Å². The molecule has 6 heteroatoms. The van der Waals surface area contributed by atoms with Crippen molar-refractivity contribution in [2.24, 2.45) is 0 Å². The van der Waals surface area contributed by atoms with E-state index in [1.165, 1.54) is 22.3 Å². The van der Waals surface area contributed by atoms with E-state index in [-0.39, 0.29) is 24.0 Å². The summed E-state index contributed by atoms with van der Waals surface area (Å²) in [5, 5.41) is 0.731. The third-order valence-electron chi connectivity index (χ3n) is 8.02. The van der Waals surface area contributed by atoms with Crippen LogP contribution in [0.1, 0.15) is 46.5 Å². The number of aromatic nitrogens is 2. The van der Waals surface area contributed by atoms with Crippen molar-refractivity contribution in [1.82, 2.24) is 19.8 Å². The Morgan fingerprint density at radius 1 is 1.00 bits per heavy atom. The minimum atomic E-state index is -0.318. The fourth-order valence-corrected chi connectivity index (χ4v) is 6.36. The van der Waals surface area contributed by atoms with Gasteiger partial charge in [0.2, 0.25) is 5.91 Å². The number of carbonyl (C=O) groups excluding carboxylic acids is 1. The number of rotatable bonds is 6. The molecule has 1 N–H and O–H groups in total. The first-order chi connectivity index (χ1) is 18.1. The lowest BCUT2D eigenvalue weighted by atomic mass is 9.87. The van der Waals surface area contributed by atoms with Crippen molar-refractivity contribution in [3.8, 4) is 0 Å². The van der Waals surface area contributed by atoms with Crippen LogP contribution in [0.3, 0.4) is 0 Å². The molecule has 1 aliphatic carbocycles. The number of imidazole rings is 1. The largest absolute Gasteiger partial charge is 0.347 e. The number of amides is 1. The third kappa shape index (κ3) is 4.58. The van der Waals surface area contributed by atoms with Crippen LogP contribution in [0.25, 0.3) is 0 Å². The molecule has 0 saturated carbocycles. The fraction of sp³-hybridized carbons (Fsp3) is 0.290. The lowest BCUT2D eigenvalue weighted by Gasteiger charge is -2.43. The van der Waals surface area contributed by atoms with E-state index < -0.39 is 0 Å². The Labute approximate surface area is 223 Å². The third-order valence-corrected chi connectivity index (χ3v) is 8.37. The van der Waals surface area contributed by atoms with Gasteiger partial charge in [0.25, 0.3) is 0 Å². The highest BCUT2D eigenvalue weighted by molar-refractivity contribution is 6.31. The SMILES string of the molecule is C[C@@H](C(=O)N(Cc1cnc[nH]1)C1Cc2ccccc2C1)N1CCc2ccccc2[C@@H]1c1ccccc1Cl. The molecule has 2 atom stereocenters. The Morgan fingerprint density at radius 2 is 1.65 bits per heavy atom. The van der Waals surface area contributed by atoms with Crippen molar-refractivity contribution in [3.05, 3.63) is 124 Å². The molecule has 2 aliphatic rings. The smallest absolute Gasteiger partial charge is 0.240 e. The highest BCUT2D eigenvalue weighted by atomic mass is 35.5. The Hall–Kier alpha value is -3.41. The number of nitrogens with one attached hydrogen (secondary N) is 1. The molecule has 0 bridgehead atoms. The molecule has 1 aliphatic heterocycles. The zero-order chi connectivity index (χ0) is 25.4. The number of aromatic amines is 1. The van der Waals surface area contributed by atoms with Gasteiger partial charge in [-0.15, -0.1) is 0 Å². The Kier molecular flexibility index (Phi) is 6.58. The first-order valence-corrected chi connectivity index (χ1v) is 13.4. The zero-order valence-corrected chi connectivity index (χ0v) is 21.7. The number of fused-ring (bicyclic) bond motifs is 2. The molecule has 4 aromatic rings. The summed E-state index contributed by atoms with van der Waals surface area (Å²) in [6.45, 7) is 3.37. The monoisotopic (exact) mass is 510 g/mol. The van der Waals surface area contributed by atoms with E-state index in [0.29, 0.717) is 6.54 Å². The number of carbonyl (C=O) groups is 1. The molecule has 5 nitrogen and oxygen atoms in total. The van der Waals surface area contributed by atoms with Crippen LogP contribution in [-0.4, -0.2) is 44.3 Å². The molecule has 0 unspecified atom stereocenters. The van der Waals surface area contributed by atoms with Gasteiger partial charge in [0.15, 0.2) is 0 Å². The molecule has 6 rings (SSSR count). The van der Waals surface area contributed by atoms with E-state index in [4.69, 9.17) is 11.6 Å². The van der Waals surface area contributed by atoms with Crippen LogP contribution in [0.5, 0.6) is 0 Å². The van der Waals surface area contributed by atoms with Gasteiger partial charge >= 0.3 is 0 Å². The van der Waals surface area contributed by atoms with E-state index >= 15 is 0 Å². The van der Waals surface area contributed by atoms with Crippen molar-refractivity contribution in [2.75, 3.05) is 6.54 Å². The summed E-state index contributed by atoms with van der Waals surface area (Å²) in [4.78, 5) is 26.2. The van der Waals surface area contributed by atoms with Gasteiger partial charge in [-0.05, 0) is 60.1 Å². The van der Waals surface area contributed by atoms with Gasteiger partial charge < -0.3 is 9.88 Å². The predicted octanol–water partition coefficient (Wildman–Crippen LogP) is 5.60. The van der Waals surface area contributed by atoms with E-state index in [0.717, 1.165) is 42.1 Å².